The van der Waals surface area contributed by atoms with E-state index in [1.807, 2.05) is 24.3 Å². The average Bonchev–Trinajstić information content (AvgIpc) is 2.91. The van der Waals surface area contributed by atoms with Crippen LogP contribution in [0.15, 0.2) is 42.5 Å². The lowest BCUT2D eigenvalue weighted by Gasteiger charge is -2.30. The smallest absolute Gasteiger partial charge is 0.259 e. The lowest BCUT2D eigenvalue weighted by atomic mass is 10.1. The first-order chi connectivity index (χ1) is 17.6. The van der Waals surface area contributed by atoms with Crippen LogP contribution in [0.4, 0.5) is 29.2 Å². The molecular formula is C27H33N7O2. The number of aromatic hydroxyl groups is 1. The minimum atomic E-state index is -0.367. The Morgan fingerprint density at radius 3 is 2.03 bits per heavy atom. The fourth-order valence-corrected chi connectivity index (χ4v) is 4.72. The molecule has 0 radical (unpaired) electrons. The molecule has 1 aromatic heterocycles. The number of hydrogen-bond acceptors (Lipinski definition) is 8. The summed E-state index contributed by atoms with van der Waals surface area (Å²) in [5.74, 6) is 1.54. The van der Waals surface area contributed by atoms with Gasteiger partial charge in [-0.3, -0.25) is 4.79 Å². The van der Waals surface area contributed by atoms with Crippen molar-refractivity contribution in [1.82, 2.24) is 15.0 Å². The van der Waals surface area contributed by atoms with Gasteiger partial charge in [0, 0.05) is 37.6 Å². The third-order valence-corrected chi connectivity index (χ3v) is 6.75. The number of aromatic nitrogens is 3. The van der Waals surface area contributed by atoms with Gasteiger partial charge in [-0.1, -0.05) is 18.2 Å². The van der Waals surface area contributed by atoms with Crippen molar-refractivity contribution in [3.63, 3.8) is 0 Å². The van der Waals surface area contributed by atoms with E-state index in [0.717, 1.165) is 57.5 Å². The molecule has 2 aliphatic rings. The number of anilines is 5. The van der Waals surface area contributed by atoms with Gasteiger partial charge in [0.25, 0.3) is 5.91 Å². The van der Waals surface area contributed by atoms with E-state index in [4.69, 9.17) is 15.0 Å². The van der Waals surface area contributed by atoms with Crippen LogP contribution in [0.1, 0.15) is 54.4 Å². The van der Waals surface area contributed by atoms with Crippen LogP contribution >= 0.6 is 0 Å². The molecule has 2 fully saturated rings. The summed E-state index contributed by atoms with van der Waals surface area (Å²) in [6, 6.07) is 12.5. The molecule has 2 aliphatic heterocycles. The van der Waals surface area contributed by atoms with Gasteiger partial charge >= 0.3 is 0 Å². The van der Waals surface area contributed by atoms with Crippen molar-refractivity contribution < 1.29 is 9.90 Å². The summed E-state index contributed by atoms with van der Waals surface area (Å²) >= 11 is 0. The molecule has 0 spiro atoms. The van der Waals surface area contributed by atoms with E-state index in [1.54, 1.807) is 25.1 Å². The Bertz CT molecular complexity index is 1180. The van der Waals surface area contributed by atoms with Crippen molar-refractivity contribution in [2.75, 3.05) is 46.6 Å². The maximum Gasteiger partial charge on any atom is 0.259 e. The molecule has 2 saturated heterocycles. The van der Waals surface area contributed by atoms with E-state index in [-0.39, 0.29) is 17.2 Å². The highest BCUT2D eigenvalue weighted by Crippen LogP contribution is 2.26. The van der Waals surface area contributed by atoms with Crippen LogP contribution in [0.25, 0.3) is 0 Å². The minimum Gasteiger partial charge on any atom is -0.507 e. The van der Waals surface area contributed by atoms with Gasteiger partial charge in [0.05, 0.1) is 5.56 Å². The number of benzene rings is 2. The molecule has 9 nitrogen and oxygen atoms in total. The third-order valence-electron chi connectivity index (χ3n) is 6.75. The first-order valence-corrected chi connectivity index (χ1v) is 12.8. The Hall–Kier alpha value is -3.88. The molecule has 188 valence electrons. The van der Waals surface area contributed by atoms with E-state index in [0.29, 0.717) is 29.1 Å². The minimum absolute atomic E-state index is 0.00931. The zero-order valence-electron chi connectivity index (χ0n) is 20.7. The number of carbonyl (C=O) groups excluding carboxylic acids is 1. The number of aryl methyl sites for hydroxylation is 1. The highest BCUT2D eigenvalue weighted by Gasteiger charge is 2.20. The highest BCUT2D eigenvalue weighted by atomic mass is 16.3. The molecular weight excluding hydrogens is 454 g/mol. The number of phenolic OH excluding ortho intramolecular Hbond substituents is 1. The molecule has 3 heterocycles. The van der Waals surface area contributed by atoms with Gasteiger partial charge in [-0.05, 0) is 75.3 Å². The number of para-hydroxylation sites is 1. The molecule has 2 aromatic carbocycles. The lowest BCUT2D eigenvalue weighted by Crippen LogP contribution is -2.34. The van der Waals surface area contributed by atoms with E-state index in [9.17, 15) is 9.90 Å². The van der Waals surface area contributed by atoms with Crippen LogP contribution in [0, 0.1) is 6.92 Å². The van der Waals surface area contributed by atoms with Crippen LogP contribution < -0.4 is 20.4 Å². The fraction of sp³-hybridized carbons (Fsp3) is 0.407. The maximum absolute atomic E-state index is 12.8. The number of carbonyl (C=O) groups is 1. The molecule has 3 aromatic rings. The summed E-state index contributed by atoms with van der Waals surface area (Å²) in [7, 11) is 0. The third kappa shape index (κ3) is 5.50. The zero-order valence-corrected chi connectivity index (χ0v) is 20.7. The predicted molar refractivity (Wildman–Crippen MR) is 142 cm³/mol. The molecule has 5 rings (SSSR count). The topological polar surface area (TPSA) is 107 Å². The Labute approximate surface area is 211 Å². The summed E-state index contributed by atoms with van der Waals surface area (Å²) in [4.78, 5) is 31.6. The second-order valence-corrected chi connectivity index (χ2v) is 9.49. The second-order valence-electron chi connectivity index (χ2n) is 9.49. The van der Waals surface area contributed by atoms with E-state index in [1.165, 1.54) is 12.8 Å². The number of nitrogens with one attached hydrogen (secondary N) is 2. The van der Waals surface area contributed by atoms with Crippen LogP contribution in [0.2, 0.25) is 0 Å². The molecule has 1 amide bonds. The van der Waals surface area contributed by atoms with Crippen LogP contribution in [-0.4, -0.2) is 52.1 Å². The Morgan fingerprint density at radius 2 is 1.39 bits per heavy atom. The second kappa shape index (κ2) is 10.8. The molecule has 36 heavy (non-hydrogen) atoms. The molecule has 0 bridgehead atoms. The Kier molecular flexibility index (Phi) is 7.16. The van der Waals surface area contributed by atoms with Crippen LogP contribution in [0.5, 0.6) is 5.75 Å². The quantitative estimate of drug-likeness (QED) is 0.453. The predicted octanol–water partition coefficient (Wildman–Crippen LogP) is 4.86. The molecule has 0 unspecified atom stereocenters. The summed E-state index contributed by atoms with van der Waals surface area (Å²) < 4.78 is 0. The summed E-state index contributed by atoms with van der Waals surface area (Å²) in [6.45, 7) is 5.58. The van der Waals surface area contributed by atoms with Crippen molar-refractivity contribution in [3.8, 4) is 5.75 Å². The van der Waals surface area contributed by atoms with Crippen molar-refractivity contribution >= 4 is 35.1 Å². The molecule has 3 N–H and O–H groups in total. The highest BCUT2D eigenvalue weighted by molar-refractivity contribution is 6.06. The Morgan fingerprint density at radius 1 is 0.806 bits per heavy atom. The van der Waals surface area contributed by atoms with Gasteiger partial charge in [0.15, 0.2) is 0 Å². The van der Waals surface area contributed by atoms with E-state index in [2.05, 4.69) is 20.4 Å². The maximum atomic E-state index is 12.8. The SMILES string of the molecule is Cc1cccc(C(=O)Nc2cccc(Nc3nc(N4CCCCC4)nc(N4CCCCC4)n3)c2)c1O. The number of piperidine rings is 2. The Balaban J connectivity index is 1.37. The summed E-state index contributed by atoms with van der Waals surface area (Å²) in [5.41, 5.74) is 2.25. The van der Waals surface area contributed by atoms with Crippen molar-refractivity contribution in [2.24, 2.45) is 0 Å². The average molecular weight is 488 g/mol. The standard InChI is InChI=1S/C27H33N7O2/c1-19-10-8-13-22(23(19)35)24(36)28-20-11-9-12-21(18-20)29-25-30-26(33-14-4-2-5-15-33)32-27(31-25)34-16-6-3-7-17-34/h8-13,18,35H,2-7,14-17H2,1H3,(H,28,36)(H,29,30,31,32). The molecule has 0 aliphatic carbocycles. The number of phenols is 1. The van der Waals surface area contributed by atoms with Gasteiger partial charge in [-0.15, -0.1) is 0 Å². The lowest BCUT2D eigenvalue weighted by molar-refractivity contribution is 0.102. The fourth-order valence-electron chi connectivity index (χ4n) is 4.72. The van der Waals surface area contributed by atoms with Gasteiger partial charge in [0.2, 0.25) is 17.8 Å². The van der Waals surface area contributed by atoms with Gasteiger partial charge in [-0.2, -0.15) is 15.0 Å². The monoisotopic (exact) mass is 487 g/mol. The normalized spacial score (nSPS) is 16.0. The number of hydrogen-bond donors (Lipinski definition) is 3. The van der Waals surface area contributed by atoms with Crippen molar-refractivity contribution in [2.45, 2.75) is 45.4 Å². The van der Waals surface area contributed by atoms with Crippen molar-refractivity contribution in [1.29, 1.82) is 0 Å². The molecule has 9 heteroatoms. The first kappa shape index (κ1) is 23.8. The molecule has 0 saturated carbocycles. The van der Waals surface area contributed by atoms with E-state index >= 15 is 0 Å². The number of amides is 1. The number of nitrogens with zero attached hydrogens (tertiary/aromatic N) is 5. The van der Waals surface area contributed by atoms with Gasteiger partial charge in [0.1, 0.15) is 5.75 Å². The van der Waals surface area contributed by atoms with Gasteiger partial charge < -0.3 is 25.5 Å². The largest absolute Gasteiger partial charge is 0.507 e. The summed E-state index contributed by atoms with van der Waals surface area (Å²) in [6.07, 6.45) is 7.06. The van der Waals surface area contributed by atoms with Crippen LogP contribution in [-0.2, 0) is 0 Å². The first-order valence-electron chi connectivity index (χ1n) is 12.8. The molecule has 0 atom stereocenters. The zero-order chi connectivity index (χ0) is 24.9. The summed E-state index contributed by atoms with van der Waals surface area (Å²) in [5, 5.41) is 16.4. The number of rotatable bonds is 6. The van der Waals surface area contributed by atoms with Gasteiger partial charge in [-0.25, -0.2) is 0 Å². The van der Waals surface area contributed by atoms with Crippen LogP contribution in [0.3, 0.4) is 0 Å². The van der Waals surface area contributed by atoms with E-state index < -0.39 is 0 Å². The van der Waals surface area contributed by atoms with Crippen molar-refractivity contribution in [3.05, 3.63) is 53.6 Å².